The summed E-state index contributed by atoms with van der Waals surface area (Å²) in [6.07, 6.45) is 5.50. The summed E-state index contributed by atoms with van der Waals surface area (Å²) in [6.45, 7) is 6.60. The van der Waals surface area contributed by atoms with Gasteiger partial charge in [-0.3, -0.25) is 19.7 Å². The van der Waals surface area contributed by atoms with Gasteiger partial charge in [0.1, 0.15) is 0 Å². The summed E-state index contributed by atoms with van der Waals surface area (Å²) in [5.41, 5.74) is 3.56. The maximum absolute atomic E-state index is 13.3. The van der Waals surface area contributed by atoms with E-state index in [9.17, 15) is 4.79 Å². The highest BCUT2D eigenvalue weighted by atomic mass is 16.5. The SMILES string of the molecule is COC1CCN(Cc2ccc3n(c2=O)C[C@H]2C[C@@H]3CN(Cc3ccn[nH]3)C2)CC1. The van der Waals surface area contributed by atoms with Gasteiger partial charge in [0.15, 0.2) is 0 Å². The molecule has 3 aliphatic heterocycles. The topological polar surface area (TPSA) is 66.4 Å². The smallest absolute Gasteiger partial charge is 0.255 e. The fourth-order valence-electron chi connectivity index (χ4n) is 5.50. The molecule has 2 bridgehead atoms. The maximum Gasteiger partial charge on any atom is 0.255 e. The molecule has 5 heterocycles. The minimum absolute atomic E-state index is 0.230. The van der Waals surface area contributed by atoms with Crippen LogP contribution in [0.1, 0.15) is 42.1 Å². The van der Waals surface area contributed by atoms with Crippen LogP contribution in [0.2, 0.25) is 0 Å². The molecular weight excluding hydrogens is 366 g/mol. The Hall–Kier alpha value is -1.96. The molecule has 2 aromatic rings. The second-order valence-electron chi connectivity index (χ2n) is 8.99. The third-order valence-corrected chi connectivity index (χ3v) is 6.97. The van der Waals surface area contributed by atoms with Gasteiger partial charge in [-0.2, -0.15) is 5.10 Å². The lowest BCUT2D eigenvalue weighted by atomic mass is 9.83. The average molecular weight is 398 g/mol. The zero-order valence-corrected chi connectivity index (χ0v) is 17.2. The highest BCUT2D eigenvalue weighted by Crippen LogP contribution is 2.35. The molecule has 0 aromatic carbocycles. The molecule has 0 spiro atoms. The number of piperidine rings is 2. The molecule has 2 saturated heterocycles. The lowest BCUT2D eigenvalue weighted by molar-refractivity contribution is 0.0386. The second-order valence-corrected chi connectivity index (χ2v) is 8.99. The molecule has 0 amide bonds. The van der Waals surface area contributed by atoms with Gasteiger partial charge in [0.25, 0.3) is 5.56 Å². The van der Waals surface area contributed by atoms with Crippen molar-refractivity contribution in [1.29, 1.82) is 0 Å². The van der Waals surface area contributed by atoms with Crippen molar-refractivity contribution in [3.05, 3.63) is 51.7 Å². The molecule has 156 valence electrons. The normalized spacial score (nSPS) is 25.8. The van der Waals surface area contributed by atoms with Crippen LogP contribution in [0.4, 0.5) is 0 Å². The number of aromatic nitrogens is 3. The van der Waals surface area contributed by atoms with E-state index in [1.54, 1.807) is 7.11 Å². The number of methoxy groups -OCH3 is 1. The van der Waals surface area contributed by atoms with Crippen molar-refractivity contribution >= 4 is 0 Å². The van der Waals surface area contributed by atoms with Crippen LogP contribution in [0.15, 0.2) is 29.2 Å². The largest absolute Gasteiger partial charge is 0.381 e. The molecule has 7 nitrogen and oxygen atoms in total. The van der Waals surface area contributed by atoms with Gasteiger partial charge in [0.05, 0.1) is 6.10 Å². The summed E-state index contributed by atoms with van der Waals surface area (Å²) in [4.78, 5) is 18.2. The third-order valence-electron chi connectivity index (χ3n) is 6.97. The van der Waals surface area contributed by atoms with Crippen LogP contribution < -0.4 is 5.56 Å². The summed E-state index contributed by atoms with van der Waals surface area (Å²) < 4.78 is 7.56. The van der Waals surface area contributed by atoms with E-state index in [-0.39, 0.29) is 5.56 Å². The van der Waals surface area contributed by atoms with Crippen molar-refractivity contribution < 1.29 is 4.74 Å². The molecule has 2 atom stereocenters. The number of likely N-dealkylation sites (tertiary alicyclic amines) is 2. The van der Waals surface area contributed by atoms with E-state index in [0.29, 0.717) is 17.9 Å². The Morgan fingerprint density at radius 1 is 1.10 bits per heavy atom. The van der Waals surface area contributed by atoms with Gasteiger partial charge in [-0.25, -0.2) is 0 Å². The fraction of sp³-hybridized carbons (Fsp3) is 0.636. The first-order valence-electron chi connectivity index (χ1n) is 10.9. The van der Waals surface area contributed by atoms with E-state index in [0.717, 1.165) is 69.9 Å². The molecule has 1 N–H and O–H groups in total. The summed E-state index contributed by atoms with van der Waals surface area (Å²) in [6, 6.07) is 6.36. The first-order chi connectivity index (χ1) is 14.2. The quantitative estimate of drug-likeness (QED) is 0.833. The Morgan fingerprint density at radius 2 is 1.97 bits per heavy atom. The van der Waals surface area contributed by atoms with Crippen LogP contribution in [-0.2, 0) is 24.4 Å². The van der Waals surface area contributed by atoms with Gasteiger partial charge in [0, 0.05) is 82.0 Å². The van der Waals surface area contributed by atoms with Gasteiger partial charge in [-0.15, -0.1) is 0 Å². The summed E-state index contributed by atoms with van der Waals surface area (Å²) in [5, 5.41) is 7.14. The number of ether oxygens (including phenoxy) is 1. The Bertz CT molecular complexity index is 885. The Labute approximate surface area is 171 Å². The molecule has 29 heavy (non-hydrogen) atoms. The van der Waals surface area contributed by atoms with E-state index >= 15 is 0 Å². The number of H-pyrrole nitrogens is 1. The Morgan fingerprint density at radius 3 is 2.72 bits per heavy atom. The third kappa shape index (κ3) is 3.91. The molecule has 7 heteroatoms. The number of nitrogens with zero attached hydrogens (tertiary/aromatic N) is 4. The highest BCUT2D eigenvalue weighted by molar-refractivity contribution is 5.22. The van der Waals surface area contributed by atoms with Crippen molar-refractivity contribution in [2.75, 3.05) is 33.3 Å². The first kappa shape index (κ1) is 19.0. The molecular formula is C22H31N5O2. The number of rotatable bonds is 5. The van der Waals surface area contributed by atoms with E-state index in [2.05, 4.69) is 36.7 Å². The molecule has 2 aromatic heterocycles. The second kappa shape index (κ2) is 8.05. The summed E-state index contributed by atoms with van der Waals surface area (Å²) in [5.74, 6) is 0.999. The van der Waals surface area contributed by atoms with E-state index < -0.39 is 0 Å². The van der Waals surface area contributed by atoms with E-state index in [4.69, 9.17) is 4.74 Å². The number of hydrogen-bond acceptors (Lipinski definition) is 5. The molecule has 5 rings (SSSR count). The minimum atomic E-state index is 0.230. The Balaban J connectivity index is 1.30. The van der Waals surface area contributed by atoms with Crippen molar-refractivity contribution in [1.82, 2.24) is 24.6 Å². The van der Waals surface area contributed by atoms with Crippen molar-refractivity contribution in [3.63, 3.8) is 0 Å². The van der Waals surface area contributed by atoms with E-state index in [1.165, 1.54) is 12.1 Å². The van der Waals surface area contributed by atoms with Crippen LogP contribution >= 0.6 is 0 Å². The molecule has 2 fully saturated rings. The fourth-order valence-corrected chi connectivity index (χ4v) is 5.50. The van der Waals surface area contributed by atoms with Crippen LogP contribution in [0.3, 0.4) is 0 Å². The zero-order chi connectivity index (χ0) is 19.8. The molecule has 0 radical (unpaired) electrons. The lowest BCUT2D eigenvalue weighted by Crippen LogP contribution is -2.47. The maximum atomic E-state index is 13.3. The van der Waals surface area contributed by atoms with Gasteiger partial charge >= 0.3 is 0 Å². The van der Waals surface area contributed by atoms with Gasteiger partial charge in [0.2, 0.25) is 0 Å². The molecule has 0 unspecified atom stereocenters. The minimum Gasteiger partial charge on any atom is -0.381 e. The van der Waals surface area contributed by atoms with Crippen molar-refractivity contribution in [2.45, 2.75) is 50.9 Å². The van der Waals surface area contributed by atoms with Gasteiger partial charge < -0.3 is 9.30 Å². The zero-order valence-electron chi connectivity index (χ0n) is 17.2. The van der Waals surface area contributed by atoms with Crippen LogP contribution in [0.5, 0.6) is 0 Å². The van der Waals surface area contributed by atoms with Crippen LogP contribution in [-0.4, -0.2) is 64.0 Å². The highest BCUT2D eigenvalue weighted by Gasteiger charge is 2.35. The predicted octanol–water partition coefficient (Wildman–Crippen LogP) is 1.80. The molecule has 0 aliphatic carbocycles. The first-order valence-corrected chi connectivity index (χ1v) is 10.9. The van der Waals surface area contributed by atoms with Crippen molar-refractivity contribution in [3.8, 4) is 0 Å². The lowest BCUT2D eigenvalue weighted by Gasteiger charge is -2.43. The number of nitrogens with one attached hydrogen (secondary N) is 1. The van der Waals surface area contributed by atoms with Crippen LogP contribution in [0.25, 0.3) is 0 Å². The number of aromatic amines is 1. The monoisotopic (exact) mass is 397 g/mol. The average Bonchev–Trinajstić information content (AvgIpc) is 3.24. The number of hydrogen-bond donors (Lipinski definition) is 1. The van der Waals surface area contributed by atoms with Crippen molar-refractivity contribution in [2.24, 2.45) is 5.92 Å². The van der Waals surface area contributed by atoms with Crippen LogP contribution in [0, 0.1) is 5.92 Å². The number of fused-ring (bicyclic) bond motifs is 4. The number of pyridine rings is 1. The summed E-state index contributed by atoms with van der Waals surface area (Å²) >= 11 is 0. The standard InChI is InChI=1S/C22H31N5O2/c1-29-20-5-8-25(9-6-20)13-17-2-3-21-18-10-16(12-27(21)22(17)28)11-26(14-18)15-19-4-7-23-24-19/h2-4,7,16,18,20H,5-6,8-15H2,1H3,(H,23,24)/t16-,18+/m0/s1. The van der Waals surface area contributed by atoms with Gasteiger partial charge in [-0.05, 0) is 37.3 Å². The summed E-state index contributed by atoms with van der Waals surface area (Å²) in [7, 11) is 1.79. The van der Waals surface area contributed by atoms with E-state index in [1.807, 2.05) is 12.3 Å². The molecule has 3 aliphatic rings. The van der Waals surface area contributed by atoms with Gasteiger partial charge in [-0.1, -0.05) is 6.07 Å². The molecule has 0 saturated carbocycles. The Kier molecular flexibility index (Phi) is 5.28. The predicted molar refractivity (Wildman–Crippen MR) is 111 cm³/mol.